The van der Waals surface area contributed by atoms with Crippen molar-refractivity contribution >= 4 is 11.0 Å². The Balaban J connectivity index is 2.09. The second-order valence-corrected chi connectivity index (χ2v) is 5.51. The molecule has 1 aromatic carbocycles. The Bertz CT molecular complexity index is 550. The summed E-state index contributed by atoms with van der Waals surface area (Å²) >= 11 is 0. The van der Waals surface area contributed by atoms with E-state index in [-0.39, 0.29) is 5.41 Å². The van der Waals surface area contributed by atoms with Gasteiger partial charge in [0.15, 0.2) is 0 Å². The van der Waals surface area contributed by atoms with Crippen molar-refractivity contribution in [2.24, 2.45) is 0 Å². The lowest BCUT2D eigenvalue weighted by Crippen LogP contribution is -2.30. The van der Waals surface area contributed by atoms with Gasteiger partial charge in [-0.05, 0) is 37.9 Å². The maximum atomic E-state index is 4.89. The molecular weight excluding hydrogens is 222 g/mol. The van der Waals surface area contributed by atoms with Crippen LogP contribution in [0, 0.1) is 6.92 Å². The van der Waals surface area contributed by atoms with Crippen molar-refractivity contribution in [2.45, 2.75) is 38.5 Å². The van der Waals surface area contributed by atoms with Gasteiger partial charge in [0.2, 0.25) is 0 Å². The van der Waals surface area contributed by atoms with Crippen LogP contribution in [-0.2, 0) is 5.41 Å². The molecule has 1 unspecified atom stereocenters. The maximum Gasteiger partial charge on any atom is 0.114 e. The lowest BCUT2D eigenvalue weighted by molar-refractivity contribution is 0.406. The monoisotopic (exact) mass is 243 g/mol. The number of rotatable bonds is 3. The van der Waals surface area contributed by atoms with Crippen molar-refractivity contribution in [2.75, 3.05) is 13.1 Å². The minimum Gasteiger partial charge on any atom is -0.341 e. The molecule has 3 heteroatoms. The lowest BCUT2D eigenvalue weighted by atomic mass is 9.82. The summed E-state index contributed by atoms with van der Waals surface area (Å²) in [6.45, 7) is 6.55. The van der Waals surface area contributed by atoms with E-state index in [0.29, 0.717) is 0 Å². The highest BCUT2D eigenvalue weighted by atomic mass is 15.0. The number of hydrogen-bond acceptors (Lipinski definition) is 2. The van der Waals surface area contributed by atoms with Gasteiger partial charge < -0.3 is 10.3 Å². The summed E-state index contributed by atoms with van der Waals surface area (Å²) in [6.07, 6.45) is 3.61. The third-order valence-electron chi connectivity index (χ3n) is 4.19. The fraction of sp³-hybridized carbons (Fsp3) is 0.533. The van der Waals surface area contributed by atoms with E-state index >= 15 is 0 Å². The van der Waals surface area contributed by atoms with Crippen LogP contribution >= 0.6 is 0 Å². The van der Waals surface area contributed by atoms with E-state index in [1.165, 1.54) is 36.2 Å². The number of imidazole rings is 1. The number of hydrogen-bond donors (Lipinski definition) is 2. The molecule has 1 aliphatic heterocycles. The molecule has 0 spiro atoms. The van der Waals surface area contributed by atoms with Crippen LogP contribution in [0.25, 0.3) is 11.0 Å². The number of fused-ring (bicyclic) bond motifs is 1. The largest absolute Gasteiger partial charge is 0.341 e. The molecule has 1 aromatic heterocycles. The zero-order valence-corrected chi connectivity index (χ0v) is 11.2. The summed E-state index contributed by atoms with van der Waals surface area (Å²) in [5.41, 5.74) is 3.79. The summed E-state index contributed by atoms with van der Waals surface area (Å²) in [5, 5.41) is 3.50. The van der Waals surface area contributed by atoms with Crippen molar-refractivity contribution in [3.05, 3.63) is 29.6 Å². The van der Waals surface area contributed by atoms with Gasteiger partial charge in [0.1, 0.15) is 5.82 Å². The second kappa shape index (κ2) is 4.39. The SMILES string of the molecule is CCCC1(c2nc3c(C)cccc3[nH]2)CCNC1. The lowest BCUT2D eigenvalue weighted by Gasteiger charge is -2.25. The zero-order valence-electron chi connectivity index (χ0n) is 11.2. The highest BCUT2D eigenvalue weighted by Crippen LogP contribution is 2.34. The molecule has 0 bridgehead atoms. The van der Waals surface area contributed by atoms with Gasteiger partial charge >= 0.3 is 0 Å². The molecule has 1 saturated heterocycles. The van der Waals surface area contributed by atoms with Gasteiger partial charge in [0.25, 0.3) is 0 Å². The standard InChI is InChI=1S/C15H21N3/c1-3-7-15(8-9-16-10-15)14-17-12-6-4-5-11(2)13(12)18-14/h4-6,16H,3,7-10H2,1-2H3,(H,17,18). The van der Waals surface area contributed by atoms with Crippen molar-refractivity contribution in [1.29, 1.82) is 0 Å². The Kier molecular flexibility index (Phi) is 2.86. The van der Waals surface area contributed by atoms with Crippen molar-refractivity contribution in [1.82, 2.24) is 15.3 Å². The van der Waals surface area contributed by atoms with Gasteiger partial charge in [-0.2, -0.15) is 0 Å². The van der Waals surface area contributed by atoms with Crippen molar-refractivity contribution in [3.63, 3.8) is 0 Å². The average Bonchev–Trinajstić information content (AvgIpc) is 2.97. The van der Waals surface area contributed by atoms with Crippen LogP contribution in [0.15, 0.2) is 18.2 Å². The number of H-pyrrole nitrogens is 1. The third-order valence-corrected chi connectivity index (χ3v) is 4.19. The Morgan fingerprint density at radius 1 is 1.39 bits per heavy atom. The van der Waals surface area contributed by atoms with Crippen LogP contribution in [0.1, 0.15) is 37.6 Å². The number of nitrogens with zero attached hydrogens (tertiary/aromatic N) is 1. The van der Waals surface area contributed by atoms with E-state index in [0.717, 1.165) is 18.6 Å². The summed E-state index contributed by atoms with van der Waals surface area (Å²) in [4.78, 5) is 8.44. The van der Waals surface area contributed by atoms with Gasteiger partial charge in [0, 0.05) is 12.0 Å². The Labute approximate surface area is 108 Å². The minimum absolute atomic E-state index is 0.222. The number of aromatic amines is 1. The first-order chi connectivity index (χ1) is 8.75. The van der Waals surface area contributed by atoms with Gasteiger partial charge in [0.05, 0.1) is 11.0 Å². The molecule has 0 saturated carbocycles. The topological polar surface area (TPSA) is 40.7 Å². The predicted octanol–water partition coefficient (Wildman–Crippen LogP) is 2.90. The highest BCUT2D eigenvalue weighted by molar-refractivity contribution is 5.78. The van der Waals surface area contributed by atoms with Crippen molar-refractivity contribution in [3.8, 4) is 0 Å². The molecule has 0 aliphatic carbocycles. The minimum atomic E-state index is 0.222. The van der Waals surface area contributed by atoms with Crippen LogP contribution in [0.2, 0.25) is 0 Å². The van der Waals surface area contributed by atoms with Gasteiger partial charge in [-0.3, -0.25) is 0 Å². The smallest absolute Gasteiger partial charge is 0.114 e. The second-order valence-electron chi connectivity index (χ2n) is 5.51. The molecule has 2 aromatic rings. The van der Waals surface area contributed by atoms with Gasteiger partial charge in [-0.15, -0.1) is 0 Å². The van der Waals surface area contributed by atoms with E-state index in [1.807, 2.05) is 0 Å². The van der Waals surface area contributed by atoms with Crippen LogP contribution in [0.3, 0.4) is 0 Å². The van der Waals surface area contributed by atoms with Crippen LogP contribution in [-0.4, -0.2) is 23.1 Å². The number of para-hydroxylation sites is 1. The number of benzene rings is 1. The normalized spacial score (nSPS) is 23.9. The Morgan fingerprint density at radius 2 is 2.28 bits per heavy atom. The molecule has 96 valence electrons. The molecule has 18 heavy (non-hydrogen) atoms. The molecule has 2 N–H and O–H groups in total. The summed E-state index contributed by atoms with van der Waals surface area (Å²) in [5.74, 6) is 1.18. The first-order valence-corrected chi connectivity index (χ1v) is 6.92. The molecular formula is C15H21N3. The highest BCUT2D eigenvalue weighted by Gasteiger charge is 2.37. The van der Waals surface area contributed by atoms with Crippen LogP contribution in [0.4, 0.5) is 0 Å². The fourth-order valence-electron chi connectivity index (χ4n) is 3.18. The first kappa shape index (κ1) is 11.7. The Morgan fingerprint density at radius 3 is 2.94 bits per heavy atom. The third kappa shape index (κ3) is 1.74. The molecule has 0 radical (unpaired) electrons. The van der Waals surface area contributed by atoms with E-state index < -0.39 is 0 Å². The van der Waals surface area contributed by atoms with E-state index in [1.54, 1.807) is 0 Å². The van der Waals surface area contributed by atoms with Crippen LogP contribution in [0.5, 0.6) is 0 Å². The molecule has 1 aliphatic rings. The van der Waals surface area contributed by atoms with Gasteiger partial charge in [-0.1, -0.05) is 25.5 Å². The number of aromatic nitrogens is 2. The fourth-order valence-corrected chi connectivity index (χ4v) is 3.18. The van der Waals surface area contributed by atoms with Gasteiger partial charge in [-0.25, -0.2) is 4.98 Å². The Hall–Kier alpha value is -1.35. The maximum absolute atomic E-state index is 4.89. The first-order valence-electron chi connectivity index (χ1n) is 6.92. The molecule has 0 amide bonds. The molecule has 3 nitrogen and oxygen atoms in total. The average molecular weight is 243 g/mol. The molecule has 1 fully saturated rings. The van der Waals surface area contributed by atoms with E-state index in [9.17, 15) is 0 Å². The van der Waals surface area contributed by atoms with E-state index in [4.69, 9.17) is 4.98 Å². The predicted molar refractivity (Wildman–Crippen MR) is 74.9 cm³/mol. The quantitative estimate of drug-likeness (QED) is 0.870. The number of nitrogens with one attached hydrogen (secondary N) is 2. The summed E-state index contributed by atoms with van der Waals surface area (Å²) in [6, 6.07) is 6.35. The van der Waals surface area contributed by atoms with Crippen molar-refractivity contribution < 1.29 is 0 Å². The number of aryl methyl sites for hydroxylation is 1. The zero-order chi connectivity index (χ0) is 12.6. The van der Waals surface area contributed by atoms with Crippen LogP contribution < -0.4 is 5.32 Å². The summed E-state index contributed by atoms with van der Waals surface area (Å²) < 4.78 is 0. The molecule has 3 rings (SSSR count). The summed E-state index contributed by atoms with van der Waals surface area (Å²) in [7, 11) is 0. The molecule has 2 heterocycles. The molecule has 1 atom stereocenters. The van der Waals surface area contributed by atoms with E-state index in [2.05, 4.69) is 42.3 Å².